The van der Waals surface area contributed by atoms with Crippen LogP contribution < -0.4 is 4.74 Å². The Hall–Kier alpha value is -2.09. The van der Waals surface area contributed by atoms with Crippen molar-refractivity contribution >= 4 is 40.0 Å². The molecule has 1 fully saturated rings. The average molecular weight is 513 g/mol. The Balaban J connectivity index is 1.29. The summed E-state index contributed by atoms with van der Waals surface area (Å²) in [5, 5.41) is 14.8. The Labute approximate surface area is 216 Å². The summed E-state index contributed by atoms with van der Waals surface area (Å²) in [7, 11) is 1.70. The molecule has 5 nitrogen and oxygen atoms in total. The van der Waals surface area contributed by atoms with Gasteiger partial charge in [0, 0.05) is 34.8 Å². The standard InChI is InChI=1S/C28H36N2O3S2/c1-33-24-7-8-27-26(18-24)22(10-13-29-27)5-2-4-21-11-15-30(19-23(21)6-9-28(31)32)14-3-16-35-25-12-17-34-20-25/h7-8,10,12-13,17-18,20-21,23H,2-6,9,11,14-16,19H2,1H3,(H,31,32)/t21-,23+/m1/s1. The molecule has 0 unspecified atom stereocenters. The fourth-order valence-corrected chi connectivity index (χ4v) is 6.98. The number of rotatable bonds is 13. The van der Waals surface area contributed by atoms with Crippen molar-refractivity contribution in [1.29, 1.82) is 0 Å². The van der Waals surface area contributed by atoms with E-state index in [1.807, 2.05) is 30.1 Å². The molecule has 0 aliphatic carbocycles. The minimum atomic E-state index is -0.676. The van der Waals surface area contributed by atoms with Crippen molar-refractivity contribution in [3.05, 3.63) is 52.9 Å². The first-order valence-corrected chi connectivity index (χ1v) is 14.6. The fourth-order valence-electron chi connectivity index (χ4n) is 5.27. The molecule has 0 saturated carbocycles. The second-order valence-electron chi connectivity index (χ2n) is 9.45. The van der Waals surface area contributed by atoms with Gasteiger partial charge in [-0.1, -0.05) is 0 Å². The minimum Gasteiger partial charge on any atom is -0.497 e. The molecule has 7 heteroatoms. The molecule has 4 rings (SSSR count). The van der Waals surface area contributed by atoms with Crippen molar-refractivity contribution < 1.29 is 14.6 Å². The number of pyridine rings is 1. The van der Waals surface area contributed by atoms with Gasteiger partial charge in [-0.3, -0.25) is 9.78 Å². The number of thiophene rings is 1. The van der Waals surface area contributed by atoms with Gasteiger partial charge in [0.25, 0.3) is 0 Å². The van der Waals surface area contributed by atoms with Crippen LogP contribution in [0.15, 0.2) is 52.2 Å². The Morgan fingerprint density at radius 3 is 2.94 bits per heavy atom. The van der Waals surface area contributed by atoms with Crippen LogP contribution in [0.25, 0.3) is 10.9 Å². The van der Waals surface area contributed by atoms with Crippen molar-refractivity contribution in [2.45, 2.75) is 49.8 Å². The molecule has 2 atom stereocenters. The number of carboxylic acids is 1. The second kappa shape index (κ2) is 13.3. The number of piperidine rings is 1. The quantitative estimate of drug-likeness (QED) is 0.205. The van der Waals surface area contributed by atoms with E-state index in [1.54, 1.807) is 18.4 Å². The largest absolute Gasteiger partial charge is 0.497 e. The van der Waals surface area contributed by atoms with Crippen LogP contribution in [0.4, 0.5) is 0 Å². The molecule has 3 heterocycles. The van der Waals surface area contributed by atoms with E-state index < -0.39 is 5.97 Å². The Bertz CT molecular complexity index is 1070. The maximum atomic E-state index is 11.3. The molecule has 1 N–H and O–H groups in total. The fraction of sp³-hybridized carbons (Fsp3) is 0.500. The summed E-state index contributed by atoms with van der Waals surface area (Å²) in [6.45, 7) is 3.28. The second-order valence-corrected chi connectivity index (χ2v) is 11.4. The molecule has 2 aromatic heterocycles. The van der Waals surface area contributed by atoms with Crippen LogP contribution in [-0.2, 0) is 11.2 Å². The summed E-state index contributed by atoms with van der Waals surface area (Å²) in [6.07, 6.45) is 8.59. The number of methoxy groups -OCH3 is 1. The van der Waals surface area contributed by atoms with Crippen molar-refractivity contribution in [3.63, 3.8) is 0 Å². The van der Waals surface area contributed by atoms with E-state index >= 15 is 0 Å². The number of fused-ring (bicyclic) bond motifs is 1. The van der Waals surface area contributed by atoms with Gasteiger partial charge in [0.05, 0.1) is 12.6 Å². The zero-order valence-corrected chi connectivity index (χ0v) is 22.2. The molecule has 0 amide bonds. The SMILES string of the molecule is COc1ccc2nccc(CCC[C@@H]3CCN(CCCSc4ccsc4)C[C@@H]3CCC(=O)O)c2c1. The number of aliphatic carboxylic acids is 1. The van der Waals surface area contributed by atoms with Gasteiger partial charge < -0.3 is 14.7 Å². The third-order valence-electron chi connectivity index (χ3n) is 7.15. The highest BCUT2D eigenvalue weighted by Gasteiger charge is 2.29. The van der Waals surface area contributed by atoms with Gasteiger partial charge in [-0.15, -0.1) is 11.8 Å². The normalized spacial score (nSPS) is 18.7. The van der Waals surface area contributed by atoms with E-state index in [0.29, 0.717) is 11.8 Å². The lowest BCUT2D eigenvalue weighted by atomic mass is 9.79. The van der Waals surface area contributed by atoms with Gasteiger partial charge in [0.1, 0.15) is 5.75 Å². The first-order chi connectivity index (χ1) is 17.1. The maximum Gasteiger partial charge on any atom is 0.303 e. The number of carbonyl (C=O) groups is 1. The summed E-state index contributed by atoms with van der Waals surface area (Å²) in [6, 6.07) is 10.4. The van der Waals surface area contributed by atoms with Crippen LogP contribution in [0.1, 0.15) is 44.1 Å². The van der Waals surface area contributed by atoms with E-state index in [1.165, 1.54) is 28.7 Å². The molecule has 0 bridgehead atoms. The van der Waals surface area contributed by atoms with Crippen LogP contribution in [0.2, 0.25) is 0 Å². The van der Waals surface area contributed by atoms with E-state index in [9.17, 15) is 9.90 Å². The zero-order chi connectivity index (χ0) is 24.5. The van der Waals surface area contributed by atoms with Crippen LogP contribution in [0.5, 0.6) is 5.75 Å². The van der Waals surface area contributed by atoms with Crippen LogP contribution in [-0.4, -0.2) is 53.5 Å². The summed E-state index contributed by atoms with van der Waals surface area (Å²) >= 11 is 3.69. The lowest BCUT2D eigenvalue weighted by molar-refractivity contribution is -0.137. The molecule has 35 heavy (non-hydrogen) atoms. The number of aryl methyl sites for hydroxylation is 1. The van der Waals surface area contributed by atoms with Crippen molar-refractivity contribution in [1.82, 2.24) is 9.88 Å². The Morgan fingerprint density at radius 1 is 1.23 bits per heavy atom. The molecule has 1 aromatic carbocycles. The molecule has 0 radical (unpaired) electrons. The smallest absolute Gasteiger partial charge is 0.303 e. The lowest BCUT2D eigenvalue weighted by Gasteiger charge is -2.39. The van der Waals surface area contributed by atoms with Gasteiger partial charge in [0.2, 0.25) is 0 Å². The summed E-state index contributed by atoms with van der Waals surface area (Å²) in [5.41, 5.74) is 2.32. The van der Waals surface area contributed by atoms with E-state index in [4.69, 9.17) is 4.74 Å². The summed E-state index contributed by atoms with van der Waals surface area (Å²) in [4.78, 5) is 19.7. The Kier molecular flexibility index (Phi) is 9.86. The molecule has 3 aromatic rings. The number of hydrogen-bond acceptors (Lipinski definition) is 6. The third-order valence-corrected chi connectivity index (χ3v) is 9.06. The number of thioether (sulfide) groups is 1. The van der Waals surface area contributed by atoms with Gasteiger partial charge in [-0.05, 0) is 110 Å². The minimum absolute atomic E-state index is 0.276. The molecular weight excluding hydrogens is 476 g/mol. The van der Waals surface area contributed by atoms with Gasteiger partial charge >= 0.3 is 5.97 Å². The summed E-state index contributed by atoms with van der Waals surface area (Å²) in [5.74, 6) is 2.40. The highest BCUT2D eigenvalue weighted by Crippen LogP contribution is 2.33. The highest BCUT2D eigenvalue weighted by atomic mass is 32.2. The van der Waals surface area contributed by atoms with Crippen LogP contribution in [0.3, 0.4) is 0 Å². The predicted molar refractivity (Wildman–Crippen MR) is 146 cm³/mol. The number of nitrogens with zero attached hydrogens (tertiary/aromatic N) is 2. The molecule has 188 valence electrons. The number of benzene rings is 1. The van der Waals surface area contributed by atoms with Crippen molar-refractivity contribution in [3.8, 4) is 5.75 Å². The molecule has 1 aliphatic rings. The van der Waals surface area contributed by atoms with Crippen LogP contribution >= 0.6 is 23.1 Å². The molecular formula is C28H36N2O3S2. The lowest BCUT2D eigenvalue weighted by Crippen LogP contribution is -2.41. The maximum absolute atomic E-state index is 11.3. The van der Waals surface area contributed by atoms with E-state index in [-0.39, 0.29) is 6.42 Å². The molecule has 1 aliphatic heterocycles. The number of hydrogen-bond donors (Lipinski definition) is 1. The van der Waals surface area contributed by atoms with Gasteiger partial charge in [-0.2, -0.15) is 11.3 Å². The average Bonchev–Trinajstić information content (AvgIpc) is 3.39. The molecule has 0 spiro atoms. The Morgan fingerprint density at radius 2 is 2.14 bits per heavy atom. The molecule has 1 saturated heterocycles. The first-order valence-electron chi connectivity index (χ1n) is 12.6. The van der Waals surface area contributed by atoms with Gasteiger partial charge in [0.15, 0.2) is 0 Å². The van der Waals surface area contributed by atoms with Crippen molar-refractivity contribution in [2.24, 2.45) is 11.8 Å². The predicted octanol–water partition coefficient (Wildman–Crippen LogP) is 6.61. The van der Waals surface area contributed by atoms with E-state index in [2.05, 4.69) is 38.8 Å². The number of ether oxygens (including phenoxy) is 1. The first kappa shape index (κ1) is 26.0. The number of aromatic nitrogens is 1. The monoisotopic (exact) mass is 512 g/mol. The van der Waals surface area contributed by atoms with Gasteiger partial charge in [-0.25, -0.2) is 0 Å². The van der Waals surface area contributed by atoms with E-state index in [0.717, 1.165) is 62.3 Å². The number of likely N-dealkylation sites (tertiary alicyclic amines) is 1. The third kappa shape index (κ3) is 7.69. The highest BCUT2D eigenvalue weighted by molar-refractivity contribution is 7.99. The van der Waals surface area contributed by atoms with Crippen molar-refractivity contribution in [2.75, 3.05) is 32.5 Å². The topological polar surface area (TPSA) is 62.7 Å². The number of carboxylic acid groups (broad SMARTS) is 1. The van der Waals surface area contributed by atoms with Crippen LogP contribution in [0, 0.1) is 11.8 Å². The summed E-state index contributed by atoms with van der Waals surface area (Å²) < 4.78 is 5.42. The zero-order valence-electron chi connectivity index (χ0n) is 20.5.